The van der Waals surface area contributed by atoms with Gasteiger partial charge in [-0.2, -0.15) is 0 Å². The van der Waals surface area contributed by atoms with E-state index in [9.17, 15) is 14.7 Å². The van der Waals surface area contributed by atoms with E-state index in [-0.39, 0.29) is 6.42 Å². The molecule has 0 saturated carbocycles. The minimum absolute atomic E-state index is 0.0754. The molecule has 1 atom stereocenters. The van der Waals surface area contributed by atoms with E-state index in [0.29, 0.717) is 26.1 Å². The lowest BCUT2D eigenvalue weighted by Crippen LogP contribution is -2.45. The van der Waals surface area contributed by atoms with Gasteiger partial charge in [-0.15, -0.1) is 0 Å². The third kappa shape index (κ3) is 3.79. The Morgan fingerprint density at radius 2 is 2.00 bits per heavy atom. The van der Waals surface area contributed by atoms with Crippen LogP contribution in [0.5, 0.6) is 0 Å². The summed E-state index contributed by atoms with van der Waals surface area (Å²) >= 11 is 0. The van der Waals surface area contributed by atoms with Crippen LogP contribution in [0, 0.1) is 0 Å². The molecule has 16 heavy (non-hydrogen) atoms. The average Bonchev–Trinajstić information content (AvgIpc) is 2.17. The van der Waals surface area contributed by atoms with Crippen LogP contribution < -0.4 is 5.32 Å². The maximum absolute atomic E-state index is 11.5. The van der Waals surface area contributed by atoms with Gasteiger partial charge in [-0.05, 0) is 6.92 Å². The number of aliphatic hydroxyl groups is 1. The van der Waals surface area contributed by atoms with Crippen LogP contribution in [-0.4, -0.2) is 46.9 Å². The fraction of sp³-hybridized carbons (Fsp3) is 0.800. The molecule has 0 bridgehead atoms. The van der Waals surface area contributed by atoms with Crippen molar-refractivity contribution in [3.8, 4) is 0 Å². The Morgan fingerprint density at radius 1 is 1.44 bits per heavy atom. The maximum Gasteiger partial charge on any atom is 0.325 e. The smallest absolute Gasteiger partial charge is 0.325 e. The van der Waals surface area contributed by atoms with Crippen LogP contribution in [-0.2, 0) is 14.3 Å². The van der Waals surface area contributed by atoms with Crippen LogP contribution in [0.15, 0.2) is 0 Å². The number of carboxylic acid groups (broad SMARTS) is 1. The summed E-state index contributed by atoms with van der Waals surface area (Å²) in [7, 11) is 0. The van der Waals surface area contributed by atoms with Crippen molar-refractivity contribution >= 4 is 11.9 Å². The lowest BCUT2D eigenvalue weighted by atomic mass is 9.90. The Balaban J connectivity index is 2.41. The van der Waals surface area contributed by atoms with Gasteiger partial charge < -0.3 is 20.3 Å². The van der Waals surface area contributed by atoms with Crippen molar-refractivity contribution in [2.45, 2.75) is 37.8 Å². The highest BCUT2D eigenvalue weighted by Crippen LogP contribution is 2.23. The van der Waals surface area contributed by atoms with E-state index in [1.807, 2.05) is 0 Å². The minimum atomic E-state index is -1.09. The molecule has 0 unspecified atom stereocenters. The van der Waals surface area contributed by atoms with E-state index in [0.717, 1.165) is 0 Å². The molecule has 1 fully saturated rings. The van der Waals surface area contributed by atoms with Gasteiger partial charge in [0.15, 0.2) is 0 Å². The number of carbonyl (C=O) groups excluding carboxylic acids is 1. The van der Waals surface area contributed by atoms with Crippen molar-refractivity contribution in [3.63, 3.8) is 0 Å². The van der Waals surface area contributed by atoms with Gasteiger partial charge in [0, 0.05) is 26.1 Å². The van der Waals surface area contributed by atoms with Crippen LogP contribution in [0.4, 0.5) is 0 Å². The van der Waals surface area contributed by atoms with E-state index in [2.05, 4.69) is 5.32 Å². The second-order valence-electron chi connectivity index (χ2n) is 4.14. The molecule has 6 heteroatoms. The number of carbonyl (C=O) groups is 2. The van der Waals surface area contributed by atoms with Gasteiger partial charge in [-0.1, -0.05) is 0 Å². The van der Waals surface area contributed by atoms with E-state index >= 15 is 0 Å². The fourth-order valence-corrected chi connectivity index (χ4v) is 1.58. The normalized spacial score (nSPS) is 21.1. The van der Waals surface area contributed by atoms with E-state index in [1.54, 1.807) is 0 Å². The van der Waals surface area contributed by atoms with E-state index in [1.165, 1.54) is 6.92 Å². The first kappa shape index (κ1) is 12.9. The quantitative estimate of drug-likeness (QED) is 0.606. The van der Waals surface area contributed by atoms with E-state index < -0.39 is 23.5 Å². The largest absolute Gasteiger partial charge is 0.480 e. The Kier molecular flexibility index (Phi) is 4.26. The molecule has 1 aliphatic heterocycles. The van der Waals surface area contributed by atoms with E-state index in [4.69, 9.17) is 9.84 Å². The molecule has 0 aromatic rings. The van der Waals surface area contributed by atoms with Gasteiger partial charge in [0.05, 0.1) is 12.0 Å². The first-order valence-electron chi connectivity index (χ1n) is 5.25. The number of hydrogen-bond acceptors (Lipinski definition) is 4. The van der Waals surface area contributed by atoms with Crippen molar-refractivity contribution in [1.29, 1.82) is 0 Å². The molecule has 0 aromatic carbocycles. The Morgan fingerprint density at radius 3 is 2.50 bits per heavy atom. The number of hydrogen-bond donors (Lipinski definition) is 3. The molecule has 1 amide bonds. The van der Waals surface area contributed by atoms with Crippen LogP contribution in [0.1, 0.15) is 26.2 Å². The number of rotatable bonds is 4. The maximum atomic E-state index is 11.5. The number of ether oxygens (including phenoxy) is 1. The molecule has 6 nitrogen and oxygen atoms in total. The summed E-state index contributed by atoms with van der Waals surface area (Å²) < 4.78 is 5.08. The zero-order valence-corrected chi connectivity index (χ0v) is 9.23. The standard InChI is InChI=1S/C10H17NO5/c1-7(9(13)14)11-8(12)6-10(15)2-4-16-5-3-10/h7,15H,2-6H2,1H3,(H,11,12)(H,13,14)/t7-/m0/s1. The van der Waals surface area contributed by atoms with Crippen molar-refractivity contribution in [2.24, 2.45) is 0 Å². The zero-order chi connectivity index (χ0) is 12.2. The lowest BCUT2D eigenvalue weighted by Gasteiger charge is -2.31. The van der Waals surface area contributed by atoms with Crippen LogP contribution in [0.2, 0.25) is 0 Å². The molecular formula is C10H17NO5. The lowest BCUT2D eigenvalue weighted by molar-refractivity contribution is -0.143. The van der Waals surface area contributed by atoms with Gasteiger partial charge in [0.25, 0.3) is 0 Å². The topological polar surface area (TPSA) is 95.9 Å². The molecule has 0 radical (unpaired) electrons. The third-order valence-electron chi connectivity index (χ3n) is 2.66. The second-order valence-corrected chi connectivity index (χ2v) is 4.14. The molecule has 0 aromatic heterocycles. The van der Waals surface area contributed by atoms with Gasteiger partial charge in [-0.25, -0.2) is 0 Å². The molecule has 1 rings (SSSR count). The summed E-state index contributed by atoms with van der Waals surface area (Å²) in [4.78, 5) is 22.0. The van der Waals surface area contributed by atoms with Gasteiger partial charge in [-0.3, -0.25) is 9.59 Å². The monoisotopic (exact) mass is 231 g/mol. The van der Waals surface area contributed by atoms with Crippen molar-refractivity contribution in [3.05, 3.63) is 0 Å². The zero-order valence-electron chi connectivity index (χ0n) is 9.23. The predicted molar refractivity (Wildman–Crippen MR) is 54.9 cm³/mol. The number of nitrogens with one attached hydrogen (secondary N) is 1. The number of amides is 1. The summed E-state index contributed by atoms with van der Waals surface area (Å²) in [6.45, 7) is 2.24. The molecule has 92 valence electrons. The highest BCUT2D eigenvalue weighted by molar-refractivity contribution is 5.83. The molecule has 1 saturated heterocycles. The number of carboxylic acids is 1. The minimum Gasteiger partial charge on any atom is -0.480 e. The number of aliphatic carboxylic acids is 1. The first-order chi connectivity index (χ1) is 7.43. The molecule has 3 N–H and O–H groups in total. The van der Waals surface area contributed by atoms with Crippen LogP contribution >= 0.6 is 0 Å². The molecule has 0 spiro atoms. The van der Waals surface area contributed by atoms with Crippen LogP contribution in [0.25, 0.3) is 0 Å². The summed E-state index contributed by atoms with van der Waals surface area (Å²) in [6.07, 6.45) is 0.734. The SMILES string of the molecule is C[C@H](NC(=O)CC1(O)CCOCC1)C(=O)O. The van der Waals surface area contributed by atoms with Crippen molar-refractivity contribution in [1.82, 2.24) is 5.32 Å². The Bertz CT molecular complexity index is 272. The van der Waals surface area contributed by atoms with Gasteiger partial charge in [0.2, 0.25) is 5.91 Å². The first-order valence-corrected chi connectivity index (χ1v) is 5.25. The molecule has 1 aliphatic rings. The van der Waals surface area contributed by atoms with Crippen LogP contribution in [0.3, 0.4) is 0 Å². The second kappa shape index (κ2) is 5.27. The van der Waals surface area contributed by atoms with Gasteiger partial charge >= 0.3 is 5.97 Å². The predicted octanol–water partition coefficient (Wildman–Crippen LogP) is -0.493. The Labute approximate surface area is 93.6 Å². The summed E-state index contributed by atoms with van der Waals surface area (Å²) in [5.74, 6) is -1.54. The summed E-state index contributed by atoms with van der Waals surface area (Å²) in [6, 6.07) is -0.934. The van der Waals surface area contributed by atoms with Crippen molar-refractivity contribution in [2.75, 3.05) is 13.2 Å². The summed E-state index contributed by atoms with van der Waals surface area (Å²) in [5, 5.41) is 20.9. The molecule has 0 aliphatic carbocycles. The third-order valence-corrected chi connectivity index (χ3v) is 2.66. The highest BCUT2D eigenvalue weighted by Gasteiger charge is 2.32. The summed E-state index contributed by atoms with van der Waals surface area (Å²) in [5.41, 5.74) is -1.06. The fourth-order valence-electron chi connectivity index (χ4n) is 1.58. The van der Waals surface area contributed by atoms with Crippen molar-refractivity contribution < 1.29 is 24.5 Å². The highest BCUT2D eigenvalue weighted by atomic mass is 16.5. The molecule has 1 heterocycles. The Hall–Kier alpha value is -1.14. The van der Waals surface area contributed by atoms with Gasteiger partial charge in [0.1, 0.15) is 6.04 Å². The average molecular weight is 231 g/mol. The molecular weight excluding hydrogens is 214 g/mol.